The van der Waals surface area contributed by atoms with Crippen molar-refractivity contribution in [2.75, 3.05) is 20.3 Å². The van der Waals surface area contributed by atoms with Crippen LogP contribution in [0.1, 0.15) is 35.3 Å². The Bertz CT molecular complexity index is 1070. The molecule has 0 radical (unpaired) electrons. The Hall–Kier alpha value is -3.17. The van der Waals surface area contributed by atoms with Crippen LogP contribution in [0.25, 0.3) is 5.57 Å². The Morgan fingerprint density at radius 2 is 1.74 bits per heavy atom. The summed E-state index contributed by atoms with van der Waals surface area (Å²) in [6, 6.07) is 11.0. The average Bonchev–Trinajstić information content (AvgIpc) is 2.73. The largest absolute Gasteiger partial charge is 0.495 e. The Kier molecular flexibility index (Phi) is 8.35. The van der Waals surface area contributed by atoms with Gasteiger partial charge in [0.25, 0.3) is 0 Å². The molecule has 0 aliphatic carbocycles. The van der Waals surface area contributed by atoms with E-state index in [0.29, 0.717) is 13.0 Å². The van der Waals surface area contributed by atoms with Gasteiger partial charge in [0.15, 0.2) is 0 Å². The minimum atomic E-state index is -3.97. The number of carbonyl (C=O) groups excluding carboxylic acids is 1. The van der Waals surface area contributed by atoms with Gasteiger partial charge in [0.1, 0.15) is 10.6 Å². The predicted octanol–water partition coefficient (Wildman–Crippen LogP) is 2.88. The van der Waals surface area contributed by atoms with Crippen LogP contribution in [0.3, 0.4) is 0 Å². The number of carboxylic acid groups (broad SMARTS) is 1. The molecule has 0 aliphatic heterocycles. The molecule has 8 nitrogen and oxygen atoms in total. The first-order valence-electron chi connectivity index (χ1n) is 9.53. The van der Waals surface area contributed by atoms with Crippen LogP contribution in [0, 0.1) is 0 Å². The highest BCUT2D eigenvalue weighted by atomic mass is 32.2. The zero-order chi connectivity index (χ0) is 23.0. The highest BCUT2D eigenvalue weighted by Gasteiger charge is 2.21. The monoisotopic (exact) mass is 447 g/mol. The lowest BCUT2D eigenvalue weighted by Crippen LogP contribution is -2.26. The Morgan fingerprint density at radius 3 is 2.32 bits per heavy atom. The van der Waals surface area contributed by atoms with Crippen LogP contribution in [0.5, 0.6) is 5.75 Å². The molecule has 9 heteroatoms. The molecular formula is C22H25NO7S. The summed E-state index contributed by atoms with van der Waals surface area (Å²) in [5.41, 5.74) is 2.35. The first kappa shape index (κ1) is 24.1. The molecule has 0 saturated carbocycles. The van der Waals surface area contributed by atoms with Gasteiger partial charge in [0.2, 0.25) is 10.0 Å². The van der Waals surface area contributed by atoms with Crippen molar-refractivity contribution in [2.45, 2.75) is 25.2 Å². The standard InChI is InChI=1S/C22H25NO7S/c1-4-30-21(24)13-15(2)17-7-5-16(6-8-17)11-12-23-31(27,28)20-14-18(22(25)26)9-10-19(20)29-3/h5-10,13-14,23H,4,11-12H2,1-3H3,(H,25,26)/b15-13+. The van der Waals surface area contributed by atoms with Crippen LogP contribution in [-0.4, -0.2) is 45.7 Å². The van der Waals surface area contributed by atoms with E-state index in [1.807, 2.05) is 24.3 Å². The van der Waals surface area contributed by atoms with E-state index in [9.17, 15) is 18.0 Å². The number of rotatable bonds is 10. The van der Waals surface area contributed by atoms with E-state index < -0.39 is 22.0 Å². The second-order valence-corrected chi connectivity index (χ2v) is 8.33. The molecule has 2 N–H and O–H groups in total. The van der Waals surface area contributed by atoms with Crippen molar-refractivity contribution in [3.63, 3.8) is 0 Å². The Labute approximate surface area is 181 Å². The number of hydrogen-bond acceptors (Lipinski definition) is 6. The van der Waals surface area contributed by atoms with Crippen molar-refractivity contribution in [1.29, 1.82) is 0 Å². The third-order valence-corrected chi connectivity index (χ3v) is 5.92. The Morgan fingerprint density at radius 1 is 1.10 bits per heavy atom. The summed E-state index contributed by atoms with van der Waals surface area (Å²) < 4.78 is 37.7. The van der Waals surface area contributed by atoms with Crippen molar-refractivity contribution in [3.05, 3.63) is 65.2 Å². The molecule has 2 aromatic carbocycles. The summed E-state index contributed by atoms with van der Waals surface area (Å²) in [4.78, 5) is 22.5. The quantitative estimate of drug-likeness (QED) is 0.425. The molecule has 0 unspecified atom stereocenters. The van der Waals surface area contributed by atoms with Gasteiger partial charge in [-0.2, -0.15) is 0 Å². The topological polar surface area (TPSA) is 119 Å². The van der Waals surface area contributed by atoms with E-state index in [4.69, 9.17) is 14.6 Å². The van der Waals surface area contributed by atoms with Crippen molar-refractivity contribution in [3.8, 4) is 5.75 Å². The number of carbonyl (C=O) groups is 2. The van der Waals surface area contributed by atoms with Crippen LogP contribution in [0.4, 0.5) is 0 Å². The van der Waals surface area contributed by atoms with E-state index in [2.05, 4.69) is 4.72 Å². The lowest BCUT2D eigenvalue weighted by Gasteiger charge is -2.12. The number of hydrogen-bond donors (Lipinski definition) is 2. The molecular weight excluding hydrogens is 422 g/mol. The average molecular weight is 448 g/mol. The molecule has 0 amide bonds. The minimum Gasteiger partial charge on any atom is -0.495 e. The fourth-order valence-electron chi connectivity index (χ4n) is 2.81. The van der Waals surface area contributed by atoms with Crippen LogP contribution in [0.15, 0.2) is 53.4 Å². The van der Waals surface area contributed by atoms with Gasteiger partial charge in [-0.15, -0.1) is 0 Å². The van der Waals surface area contributed by atoms with E-state index in [0.717, 1.165) is 22.8 Å². The smallest absolute Gasteiger partial charge is 0.335 e. The summed E-state index contributed by atoms with van der Waals surface area (Å²) in [5, 5.41) is 9.11. The molecule has 0 saturated heterocycles. The van der Waals surface area contributed by atoms with Gasteiger partial charge < -0.3 is 14.6 Å². The van der Waals surface area contributed by atoms with E-state index in [1.165, 1.54) is 25.3 Å². The lowest BCUT2D eigenvalue weighted by atomic mass is 10.0. The number of esters is 1. The number of allylic oxidation sites excluding steroid dienone is 1. The summed E-state index contributed by atoms with van der Waals surface area (Å²) in [6.45, 7) is 3.96. The van der Waals surface area contributed by atoms with Crippen molar-refractivity contribution >= 4 is 27.5 Å². The van der Waals surface area contributed by atoms with Crippen molar-refractivity contribution < 1.29 is 32.6 Å². The zero-order valence-electron chi connectivity index (χ0n) is 17.5. The summed E-state index contributed by atoms with van der Waals surface area (Å²) in [5.74, 6) is -1.57. The molecule has 31 heavy (non-hydrogen) atoms. The maximum Gasteiger partial charge on any atom is 0.335 e. The molecule has 0 atom stereocenters. The van der Waals surface area contributed by atoms with Crippen LogP contribution >= 0.6 is 0 Å². The van der Waals surface area contributed by atoms with Gasteiger partial charge in [-0.25, -0.2) is 22.7 Å². The number of carboxylic acids is 1. The molecule has 2 aromatic rings. The zero-order valence-corrected chi connectivity index (χ0v) is 18.4. The summed E-state index contributed by atoms with van der Waals surface area (Å²) in [7, 11) is -2.65. The minimum absolute atomic E-state index is 0.0608. The first-order valence-corrected chi connectivity index (χ1v) is 11.0. The number of sulfonamides is 1. The van der Waals surface area contributed by atoms with Gasteiger partial charge in [0.05, 0.1) is 19.3 Å². The van der Waals surface area contributed by atoms with Crippen LogP contribution in [-0.2, 0) is 26.0 Å². The Balaban J connectivity index is 2.05. The molecule has 0 aromatic heterocycles. The van der Waals surface area contributed by atoms with Gasteiger partial charge in [0, 0.05) is 12.6 Å². The van der Waals surface area contributed by atoms with E-state index >= 15 is 0 Å². The first-order chi connectivity index (χ1) is 14.7. The maximum absolute atomic E-state index is 12.6. The highest BCUT2D eigenvalue weighted by molar-refractivity contribution is 7.89. The van der Waals surface area contributed by atoms with E-state index in [-0.39, 0.29) is 22.8 Å². The van der Waals surface area contributed by atoms with Crippen LogP contribution < -0.4 is 9.46 Å². The normalized spacial score (nSPS) is 11.8. The van der Waals surface area contributed by atoms with E-state index in [1.54, 1.807) is 13.8 Å². The lowest BCUT2D eigenvalue weighted by molar-refractivity contribution is -0.137. The summed E-state index contributed by atoms with van der Waals surface area (Å²) >= 11 is 0. The highest BCUT2D eigenvalue weighted by Crippen LogP contribution is 2.25. The summed E-state index contributed by atoms with van der Waals surface area (Å²) in [6.07, 6.45) is 1.84. The molecule has 0 fully saturated rings. The fourth-order valence-corrected chi connectivity index (χ4v) is 4.03. The molecule has 0 bridgehead atoms. The van der Waals surface area contributed by atoms with Gasteiger partial charge in [-0.05, 0) is 55.2 Å². The second-order valence-electron chi connectivity index (χ2n) is 6.59. The SMILES string of the molecule is CCOC(=O)/C=C(\C)c1ccc(CCNS(=O)(=O)c2cc(C(=O)O)ccc2OC)cc1. The van der Waals surface area contributed by atoms with Crippen molar-refractivity contribution in [2.24, 2.45) is 0 Å². The number of ether oxygens (including phenoxy) is 2. The van der Waals surface area contributed by atoms with Gasteiger partial charge in [-0.1, -0.05) is 24.3 Å². The van der Waals surface area contributed by atoms with Gasteiger partial charge >= 0.3 is 11.9 Å². The molecule has 0 heterocycles. The third kappa shape index (κ3) is 6.66. The second kappa shape index (κ2) is 10.7. The van der Waals surface area contributed by atoms with Crippen LogP contribution in [0.2, 0.25) is 0 Å². The number of benzene rings is 2. The molecule has 166 valence electrons. The number of nitrogens with one attached hydrogen (secondary N) is 1. The number of methoxy groups -OCH3 is 1. The number of aromatic carboxylic acids is 1. The maximum atomic E-state index is 12.6. The molecule has 0 spiro atoms. The van der Waals surface area contributed by atoms with Crippen molar-refractivity contribution in [1.82, 2.24) is 4.72 Å². The van der Waals surface area contributed by atoms with Gasteiger partial charge in [-0.3, -0.25) is 0 Å². The predicted molar refractivity (Wildman–Crippen MR) is 116 cm³/mol. The fraction of sp³-hybridized carbons (Fsp3) is 0.273. The molecule has 0 aliphatic rings. The molecule has 2 rings (SSSR count). The third-order valence-electron chi connectivity index (χ3n) is 4.44.